The zero-order valence-corrected chi connectivity index (χ0v) is 32.4. The van der Waals surface area contributed by atoms with Crippen LogP contribution in [0, 0.1) is 0 Å². The Hall–Kier alpha value is -6.26. The van der Waals surface area contributed by atoms with E-state index in [1.807, 2.05) is 62.5 Å². The Morgan fingerprint density at radius 3 is 2.11 bits per heavy atom. The number of aromatic hydroxyl groups is 1. The van der Waals surface area contributed by atoms with Gasteiger partial charge in [-0.1, -0.05) is 133 Å². The normalized spacial score (nSPS) is 12.2. The largest absolute Gasteiger partial charge is 0.507 e. The fourth-order valence-electron chi connectivity index (χ4n) is 7.48. The summed E-state index contributed by atoms with van der Waals surface area (Å²) in [5.41, 5.74) is 15.3. The number of benzene rings is 6. The van der Waals surface area contributed by atoms with Gasteiger partial charge < -0.3 is 5.11 Å². The minimum atomic E-state index is -0.655. The summed E-state index contributed by atoms with van der Waals surface area (Å²) in [4.78, 5) is 10.3. The molecule has 0 aliphatic carbocycles. The summed E-state index contributed by atoms with van der Waals surface area (Å²) in [6.07, 6.45) is 2.75. The number of aromatic nitrogens is 3. The van der Waals surface area contributed by atoms with E-state index in [1.165, 1.54) is 22.3 Å². The van der Waals surface area contributed by atoms with Crippen LogP contribution < -0.4 is 0 Å². The Labute approximate surface area is 326 Å². The lowest BCUT2D eigenvalue weighted by Gasteiger charge is -2.22. The molecule has 0 radical (unpaired) electrons. The van der Waals surface area contributed by atoms with Gasteiger partial charge in [-0.2, -0.15) is 0 Å². The molecule has 8 rings (SSSR count). The Balaban J connectivity index is 1.31. The molecule has 0 aliphatic heterocycles. The molecule has 0 bridgehead atoms. The van der Waals surface area contributed by atoms with E-state index in [0.29, 0.717) is 11.4 Å². The van der Waals surface area contributed by atoms with E-state index >= 15 is 0 Å². The SMILES string of the molecule is [2H]C(C)(C)c1ccc(-c2ccnc(-c3cc(-c4cccc5c4nc(-c4ccccc4O)n5-c4ccc(-c5ccccc5)c(CC)c4)cc(C(C)(C)C)c3)c2)cc1. The predicted octanol–water partition coefficient (Wildman–Crippen LogP) is 13.4. The van der Waals surface area contributed by atoms with Crippen molar-refractivity contribution in [3.63, 3.8) is 0 Å². The smallest absolute Gasteiger partial charge is 0.149 e. The summed E-state index contributed by atoms with van der Waals surface area (Å²) in [5.74, 6) is 0.211. The number of nitrogens with zero attached hydrogens (tertiary/aromatic N) is 3. The number of hydrogen-bond acceptors (Lipinski definition) is 3. The van der Waals surface area contributed by atoms with Crippen molar-refractivity contribution in [2.24, 2.45) is 0 Å². The standard InChI is InChI=1S/C51H47N3O/c1-7-34-31-42(24-25-43(34)37-14-9-8-10-15-37)54-47-18-13-17-44(49(47)53-50(54)45-16-11-12-19-48(45)55)39-28-40(30-41(29-39)51(4,5)6)46-32-38(26-27-52-46)36-22-20-35(21-23-36)33(2)3/h8-33,55H,7H2,1-6H3/i33D. The fraction of sp³-hybridized carbons (Fsp3) is 0.176. The van der Waals surface area contributed by atoms with Crippen LogP contribution in [-0.4, -0.2) is 19.6 Å². The summed E-state index contributed by atoms with van der Waals surface area (Å²) in [6.45, 7) is 12.7. The molecule has 2 heterocycles. The van der Waals surface area contributed by atoms with Crippen molar-refractivity contribution >= 4 is 11.0 Å². The maximum Gasteiger partial charge on any atom is 0.149 e. The second-order valence-corrected chi connectivity index (χ2v) is 15.6. The van der Waals surface area contributed by atoms with Crippen molar-refractivity contribution in [3.05, 3.63) is 168 Å². The molecule has 0 atom stereocenters. The lowest BCUT2D eigenvalue weighted by molar-refractivity contribution is 0.477. The van der Waals surface area contributed by atoms with Crippen LogP contribution in [0.5, 0.6) is 5.75 Å². The molecule has 4 heteroatoms. The van der Waals surface area contributed by atoms with Gasteiger partial charge in [-0.05, 0) is 117 Å². The number of phenols is 1. The zero-order valence-electron chi connectivity index (χ0n) is 33.4. The van der Waals surface area contributed by atoms with Crippen LogP contribution >= 0.6 is 0 Å². The quantitative estimate of drug-likeness (QED) is 0.170. The van der Waals surface area contributed by atoms with Gasteiger partial charge in [-0.3, -0.25) is 9.55 Å². The van der Waals surface area contributed by atoms with Crippen molar-refractivity contribution < 1.29 is 6.48 Å². The van der Waals surface area contributed by atoms with Crippen LogP contribution in [0.15, 0.2) is 152 Å². The van der Waals surface area contributed by atoms with E-state index in [0.717, 1.165) is 62.2 Å². The van der Waals surface area contributed by atoms with E-state index in [-0.39, 0.29) is 11.2 Å². The molecule has 8 aromatic rings. The Morgan fingerprint density at radius 2 is 1.38 bits per heavy atom. The number of phenolic OH excluding ortho intramolecular Hbond substituents is 1. The molecule has 0 saturated carbocycles. The minimum absolute atomic E-state index is 0.132. The first kappa shape index (κ1) is 34.5. The first-order chi connectivity index (χ1) is 26.9. The van der Waals surface area contributed by atoms with Gasteiger partial charge >= 0.3 is 0 Å². The van der Waals surface area contributed by atoms with E-state index in [4.69, 9.17) is 11.3 Å². The van der Waals surface area contributed by atoms with E-state index in [9.17, 15) is 5.11 Å². The summed E-state index contributed by atoms with van der Waals surface area (Å²) < 4.78 is 10.6. The third kappa shape index (κ3) is 6.97. The highest BCUT2D eigenvalue weighted by atomic mass is 16.3. The molecule has 0 spiro atoms. The first-order valence-electron chi connectivity index (χ1n) is 19.6. The zero-order chi connectivity index (χ0) is 39.2. The lowest BCUT2D eigenvalue weighted by atomic mass is 9.83. The summed E-state index contributed by atoms with van der Waals surface area (Å²) in [7, 11) is 0. The number of hydrogen-bond donors (Lipinski definition) is 1. The van der Waals surface area contributed by atoms with Gasteiger partial charge in [-0.15, -0.1) is 0 Å². The molecule has 0 amide bonds. The first-order valence-corrected chi connectivity index (χ1v) is 19.1. The summed E-state index contributed by atoms with van der Waals surface area (Å²) in [5, 5.41) is 11.2. The molecule has 272 valence electrons. The van der Waals surface area contributed by atoms with Crippen LogP contribution in [0.1, 0.15) is 65.5 Å². The average molecular weight is 719 g/mol. The van der Waals surface area contributed by atoms with Crippen molar-refractivity contribution in [3.8, 4) is 67.5 Å². The Kier molecular flexibility index (Phi) is 9.11. The molecule has 0 saturated heterocycles. The van der Waals surface area contributed by atoms with Crippen LogP contribution in [-0.2, 0) is 11.8 Å². The highest BCUT2D eigenvalue weighted by Gasteiger charge is 2.23. The molecule has 6 aromatic carbocycles. The maximum atomic E-state index is 11.2. The molecular weight excluding hydrogens is 671 g/mol. The second-order valence-electron chi connectivity index (χ2n) is 15.6. The monoisotopic (exact) mass is 718 g/mol. The minimum Gasteiger partial charge on any atom is -0.507 e. The number of fused-ring (bicyclic) bond motifs is 1. The van der Waals surface area contributed by atoms with Gasteiger partial charge in [0.15, 0.2) is 0 Å². The third-order valence-corrected chi connectivity index (χ3v) is 10.6. The highest BCUT2D eigenvalue weighted by molar-refractivity contribution is 5.97. The number of aryl methyl sites for hydroxylation is 1. The maximum absolute atomic E-state index is 11.2. The van der Waals surface area contributed by atoms with Gasteiger partial charge in [0.05, 0.1) is 22.3 Å². The Morgan fingerprint density at radius 1 is 0.655 bits per heavy atom. The topological polar surface area (TPSA) is 50.9 Å². The Bertz CT molecular complexity index is 2700. The molecule has 2 aromatic heterocycles. The van der Waals surface area contributed by atoms with Crippen molar-refractivity contribution in [1.82, 2.24) is 14.5 Å². The van der Waals surface area contributed by atoms with Gasteiger partial charge in [-0.25, -0.2) is 4.98 Å². The van der Waals surface area contributed by atoms with Crippen LogP contribution in [0.4, 0.5) is 0 Å². The van der Waals surface area contributed by atoms with Crippen molar-refractivity contribution in [1.29, 1.82) is 0 Å². The van der Waals surface area contributed by atoms with Crippen LogP contribution in [0.25, 0.3) is 72.7 Å². The molecular formula is C51H47N3O. The van der Waals surface area contributed by atoms with E-state index < -0.39 is 5.89 Å². The third-order valence-electron chi connectivity index (χ3n) is 10.6. The number of rotatable bonds is 8. The predicted molar refractivity (Wildman–Crippen MR) is 230 cm³/mol. The number of para-hydroxylation sites is 2. The van der Waals surface area contributed by atoms with Crippen molar-refractivity contribution in [2.45, 2.75) is 59.3 Å². The van der Waals surface area contributed by atoms with Gasteiger partial charge in [0.25, 0.3) is 0 Å². The molecule has 0 unspecified atom stereocenters. The number of imidazole rings is 1. The second kappa shape index (κ2) is 14.5. The van der Waals surface area contributed by atoms with E-state index in [2.05, 4.69) is 129 Å². The highest BCUT2D eigenvalue weighted by Crippen LogP contribution is 2.40. The lowest BCUT2D eigenvalue weighted by Crippen LogP contribution is -2.11. The number of pyridine rings is 1. The molecule has 4 nitrogen and oxygen atoms in total. The van der Waals surface area contributed by atoms with Crippen molar-refractivity contribution in [2.75, 3.05) is 0 Å². The van der Waals surface area contributed by atoms with Crippen LogP contribution in [0.3, 0.4) is 0 Å². The summed E-state index contributed by atoms with van der Waals surface area (Å²) in [6, 6.07) is 50.2. The molecule has 0 fully saturated rings. The fourth-order valence-corrected chi connectivity index (χ4v) is 7.48. The van der Waals surface area contributed by atoms with Gasteiger partial charge in [0.1, 0.15) is 11.6 Å². The molecule has 0 aliphatic rings. The molecule has 1 N–H and O–H groups in total. The summed E-state index contributed by atoms with van der Waals surface area (Å²) >= 11 is 0. The average Bonchev–Trinajstić information content (AvgIpc) is 3.60. The van der Waals surface area contributed by atoms with Crippen LogP contribution in [0.2, 0.25) is 0 Å². The molecule has 55 heavy (non-hydrogen) atoms. The van der Waals surface area contributed by atoms with Gasteiger partial charge in [0, 0.05) is 24.4 Å². The van der Waals surface area contributed by atoms with Gasteiger partial charge in [0.2, 0.25) is 0 Å². The van der Waals surface area contributed by atoms with E-state index in [1.54, 1.807) is 6.07 Å².